The van der Waals surface area contributed by atoms with Crippen molar-refractivity contribution in [3.8, 4) is 0 Å². The van der Waals surface area contributed by atoms with Crippen molar-refractivity contribution in [2.24, 2.45) is 5.10 Å². The highest BCUT2D eigenvalue weighted by atomic mass is 19.4. The lowest BCUT2D eigenvalue weighted by molar-refractivity contribution is -0.137. The number of alkyl halides is 3. The fraction of sp³-hybridized carbons (Fsp3) is 0.529. The predicted octanol–water partition coefficient (Wildman–Crippen LogP) is 3.87. The molecular formula is C17H22F3N3O2. The van der Waals surface area contributed by atoms with Gasteiger partial charge in [0.05, 0.1) is 17.9 Å². The lowest BCUT2D eigenvalue weighted by Crippen LogP contribution is -2.39. The summed E-state index contributed by atoms with van der Waals surface area (Å²) in [6, 6.07) is 4.69. The van der Waals surface area contributed by atoms with Gasteiger partial charge in [-0.05, 0) is 38.0 Å². The molecule has 138 valence electrons. The van der Waals surface area contributed by atoms with E-state index < -0.39 is 17.7 Å². The van der Waals surface area contributed by atoms with Crippen LogP contribution in [-0.2, 0) is 15.7 Å². The van der Waals surface area contributed by atoms with Crippen LogP contribution >= 0.6 is 0 Å². The van der Waals surface area contributed by atoms with E-state index in [1.807, 2.05) is 4.90 Å². The van der Waals surface area contributed by atoms with Crippen molar-refractivity contribution in [3.63, 3.8) is 0 Å². The summed E-state index contributed by atoms with van der Waals surface area (Å²) < 4.78 is 43.4. The molecule has 2 rings (SSSR count). The van der Waals surface area contributed by atoms with Crippen molar-refractivity contribution in [1.29, 1.82) is 0 Å². The Labute approximate surface area is 144 Å². The molecule has 1 saturated heterocycles. The van der Waals surface area contributed by atoms with Crippen LogP contribution in [0.15, 0.2) is 29.4 Å². The quantitative estimate of drug-likeness (QED) is 0.386. The highest BCUT2D eigenvalue weighted by Gasteiger charge is 2.30. The second kappa shape index (κ2) is 8.73. The van der Waals surface area contributed by atoms with Crippen LogP contribution in [0.5, 0.6) is 0 Å². The van der Waals surface area contributed by atoms with Crippen molar-refractivity contribution >= 4 is 17.5 Å². The van der Waals surface area contributed by atoms with E-state index in [0.29, 0.717) is 13.1 Å². The molecule has 0 saturated carbocycles. The summed E-state index contributed by atoms with van der Waals surface area (Å²) in [5, 5.41) is 4.05. The molecule has 0 amide bonds. The molecule has 1 N–H and O–H groups in total. The Bertz CT molecular complexity index is 609. The molecule has 1 aliphatic rings. The van der Waals surface area contributed by atoms with Crippen molar-refractivity contribution < 1.29 is 22.7 Å². The van der Waals surface area contributed by atoms with Gasteiger partial charge in [-0.15, -0.1) is 5.10 Å². The first-order chi connectivity index (χ1) is 11.9. The van der Waals surface area contributed by atoms with Crippen LogP contribution in [0.1, 0.15) is 38.2 Å². The topological polar surface area (TPSA) is 53.9 Å². The zero-order valence-corrected chi connectivity index (χ0v) is 14.1. The molecule has 1 aromatic rings. The van der Waals surface area contributed by atoms with E-state index in [-0.39, 0.29) is 18.1 Å². The highest BCUT2D eigenvalue weighted by molar-refractivity contribution is 6.35. The minimum absolute atomic E-state index is 0.0983. The van der Waals surface area contributed by atoms with E-state index in [1.165, 1.54) is 12.1 Å². The number of benzene rings is 1. The Morgan fingerprint density at radius 3 is 2.52 bits per heavy atom. The molecule has 0 unspecified atom stereocenters. The molecule has 0 radical (unpaired) electrons. The number of likely N-dealkylation sites (tertiary alicyclic amines) is 1. The van der Waals surface area contributed by atoms with Gasteiger partial charge in [-0.2, -0.15) is 13.2 Å². The lowest BCUT2D eigenvalue weighted by atomic mass is 10.2. The highest BCUT2D eigenvalue weighted by Crippen LogP contribution is 2.30. The molecule has 1 heterocycles. The number of halogens is 3. The van der Waals surface area contributed by atoms with E-state index in [0.717, 1.165) is 37.8 Å². The van der Waals surface area contributed by atoms with E-state index in [2.05, 4.69) is 10.5 Å². The zero-order chi connectivity index (χ0) is 18.3. The SMILES string of the molecule is CCOC(=O)/C(=N\Nc1cccc(C(F)(F)F)c1)N1CCCCCC1. The van der Waals surface area contributed by atoms with Gasteiger partial charge >= 0.3 is 12.1 Å². The summed E-state index contributed by atoms with van der Waals surface area (Å²) in [6.45, 7) is 3.23. The number of amidine groups is 1. The van der Waals surface area contributed by atoms with E-state index in [1.54, 1.807) is 6.92 Å². The Morgan fingerprint density at radius 1 is 1.24 bits per heavy atom. The maximum absolute atomic E-state index is 12.8. The Hall–Kier alpha value is -2.25. The number of ether oxygens (including phenoxy) is 1. The average Bonchev–Trinajstić information content (AvgIpc) is 2.84. The third kappa shape index (κ3) is 5.65. The van der Waals surface area contributed by atoms with Crippen molar-refractivity contribution in [2.75, 3.05) is 25.1 Å². The molecule has 1 aliphatic heterocycles. The molecular weight excluding hydrogens is 335 g/mol. The van der Waals surface area contributed by atoms with Crippen LogP contribution < -0.4 is 5.43 Å². The number of nitrogens with one attached hydrogen (secondary N) is 1. The minimum Gasteiger partial charge on any atom is -0.460 e. The van der Waals surface area contributed by atoms with Crippen LogP contribution in [0.25, 0.3) is 0 Å². The minimum atomic E-state index is -4.43. The normalized spacial score (nSPS) is 16.3. The van der Waals surface area contributed by atoms with Gasteiger partial charge in [0.25, 0.3) is 0 Å². The van der Waals surface area contributed by atoms with Gasteiger partial charge in [-0.25, -0.2) is 4.79 Å². The number of hydrazone groups is 1. The second-order valence-corrected chi connectivity index (χ2v) is 5.75. The van der Waals surface area contributed by atoms with Gasteiger partial charge in [0, 0.05) is 13.1 Å². The van der Waals surface area contributed by atoms with Gasteiger partial charge < -0.3 is 9.64 Å². The third-order valence-corrected chi connectivity index (χ3v) is 3.84. The number of rotatable bonds is 3. The molecule has 1 aromatic carbocycles. The fourth-order valence-corrected chi connectivity index (χ4v) is 2.61. The molecule has 5 nitrogen and oxygen atoms in total. The van der Waals surface area contributed by atoms with Crippen LogP contribution in [0.4, 0.5) is 18.9 Å². The molecule has 0 spiro atoms. The first-order valence-corrected chi connectivity index (χ1v) is 8.35. The summed E-state index contributed by atoms with van der Waals surface area (Å²) in [4.78, 5) is 14.0. The standard InChI is InChI=1S/C17H22F3N3O2/c1-2-25-16(24)15(23-10-5-3-4-6-11-23)22-21-14-9-7-8-13(12-14)17(18,19)20/h7-9,12,21H,2-6,10-11H2,1H3/b22-15+. The Balaban J connectivity index is 2.20. The molecule has 8 heteroatoms. The van der Waals surface area contributed by atoms with Crippen LogP contribution in [0.3, 0.4) is 0 Å². The number of carbonyl (C=O) groups excluding carboxylic acids is 1. The summed E-state index contributed by atoms with van der Waals surface area (Å²) >= 11 is 0. The number of hydrogen-bond acceptors (Lipinski definition) is 4. The van der Waals surface area contributed by atoms with Crippen LogP contribution in [0, 0.1) is 0 Å². The zero-order valence-electron chi connectivity index (χ0n) is 14.1. The molecule has 1 fully saturated rings. The first-order valence-electron chi connectivity index (χ1n) is 8.35. The smallest absolute Gasteiger partial charge is 0.416 e. The number of nitrogens with zero attached hydrogens (tertiary/aromatic N) is 2. The third-order valence-electron chi connectivity index (χ3n) is 3.84. The molecule has 0 aromatic heterocycles. The number of esters is 1. The van der Waals surface area contributed by atoms with Crippen molar-refractivity contribution in [2.45, 2.75) is 38.8 Å². The Kier molecular flexibility index (Phi) is 6.66. The van der Waals surface area contributed by atoms with E-state index >= 15 is 0 Å². The van der Waals surface area contributed by atoms with Gasteiger partial charge in [0.1, 0.15) is 0 Å². The summed E-state index contributed by atoms with van der Waals surface area (Å²) in [7, 11) is 0. The fourth-order valence-electron chi connectivity index (χ4n) is 2.61. The van der Waals surface area contributed by atoms with Crippen molar-refractivity contribution in [3.05, 3.63) is 29.8 Å². The van der Waals surface area contributed by atoms with E-state index in [4.69, 9.17) is 4.74 Å². The average molecular weight is 357 g/mol. The van der Waals surface area contributed by atoms with Gasteiger partial charge in [-0.1, -0.05) is 18.9 Å². The van der Waals surface area contributed by atoms with Crippen LogP contribution in [0.2, 0.25) is 0 Å². The largest absolute Gasteiger partial charge is 0.460 e. The Morgan fingerprint density at radius 2 is 1.92 bits per heavy atom. The first kappa shape index (κ1) is 19.1. The maximum atomic E-state index is 12.8. The number of hydrogen-bond donors (Lipinski definition) is 1. The molecule has 0 atom stereocenters. The van der Waals surface area contributed by atoms with E-state index in [9.17, 15) is 18.0 Å². The number of carbonyl (C=O) groups is 1. The van der Waals surface area contributed by atoms with Crippen molar-refractivity contribution in [1.82, 2.24) is 4.90 Å². The summed E-state index contributed by atoms with van der Waals surface area (Å²) in [5.41, 5.74) is 1.94. The lowest BCUT2D eigenvalue weighted by Gasteiger charge is -2.22. The van der Waals surface area contributed by atoms with Gasteiger partial charge in [-0.3, -0.25) is 5.43 Å². The van der Waals surface area contributed by atoms with Crippen LogP contribution in [-0.4, -0.2) is 36.4 Å². The predicted molar refractivity (Wildman–Crippen MR) is 89.2 cm³/mol. The molecule has 25 heavy (non-hydrogen) atoms. The second-order valence-electron chi connectivity index (χ2n) is 5.75. The van der Waals surface area contributed by atoms with Gasteiger partial charge in [0.15, 0.2) is 0 Å². The number of anilines is 1. The summed E-state index contributed by atoms with van der Waals surface area (Å²) in [5.74, 6) is -0.481. The maximum Gasteiger partial charge on any atom is 0.416 e. The molecule has 0 aliphatic carbocycles. The monoisotopic (exact) mass is 357 g/mol. The van der Waals surface area contributed by atoms with Gasteiger partial charge in [0.2, 0.25) is 5.84 Å². The molecule has 0 bridgehead atoms. The summed E-state index contributed by atoms with van der Waals surface area (Å²) in [6.07, 6.45) is -0.415.